The number of sulfonamides is 1. The number of carboxylic acid groups (broad SMARTS) is 1. The van der Waals surface area contributed by atoms with Crippen molar-refractivity contribution in [2.75, 3.05) is 18.4 Å². The molecule has 1 aromatic heterocycles. The average Bonchev–Trinajstić information content (AvgIpc) is 3.42. The molecule has 3 rings (SSSR count). The molecule has 37 heavy (non-hydrogen) atoms. The van der Waals surface area contributed by atoms with Crippen molar-refractivity contribution in [2.24, 2.45) is 5.16 Å². The molecule has 0 aliphatic carbocycles. The summed E-state index contributed by atoms with van der Waals surface area (Å²) in [4.78, 5) is 36.5. The van der Waals surface area contributed by atoms with E-state index in [9.17, 15) is 23.1 Å². The fourth-order valence-electron chi connectivity index (χ4n) is 3.51. The van der Waals surface area contributed by atoms with E-state index in [0.29, 0.717) is 6.42 Å². The van der Waals surface area contributed by atoms with E-state index in [1.807, 2.05) is 18.6 Å². The first-order chi connectivity index (χ1) is 17.5. The molecule has 2 atom stereocenters. The number of H-pyrrole nitrogens is 1. The Kier molecular flexibility index (Phi) is 9.76. The van der Waals surface area contributed by atoms with Crippen LogP contribution in [0.5, 0.6) is 0 Å². The highest BCUT2D eigenvalue weighted by Crippen LogP contribution is 2.29. The van der Waals surface area contributed by atoms with Gasteiger partial charge in [-0.05, 0) is 45.2 Å². The van der Waals surface area contributed by atoms with Crippen molar-refractivity contribution in [1.82, 2.24) is 20.0 Å². The average molecular weight is 575 g/mol. The highest BCUT2D eigenvalue weighted by molar-refractivity contribution is 7.89. The predicted molar refractivity (Wildman–Crippen MR) is 139 cm³/mol. The maximum absolute atomic E-state index is 12.7. The Balaban J connectivity index is 1.42. The summed E-state index contributed by atoms with van der Waals surface area (Å²) in [5, 5.41) is 18.5. The van der Waals surface area contributed by atoms with E-state index in [0.717, 1.165) is 36.7 Å². The van der Waals surface area contributed by atoms with Crippen molar-refractivity contribution < 1.29 is 28.0 Å². The number of halogens is 2. The normalized spacial score (nSPS) is 16.1. The van der Waals surface area contributed by atoms with E-state index < -0.39 is 39.4 Å². The number of carbonyl (C=O) groups is 2. The van der Waals surface area contributed by atoms with Gasteiger partial charge in [0.1, 0.15) is 22.8 Å². The zero-order valence-electron chi connectivity index (χ0n) is 20.2. The van der Waals surface area contributed by atoms with Crippen LogP contribution in [0.3, 0.4) is 0 Å². The van der Waals surface area contributed by atoms with Crippen molar-refractivity contribution in [3.8, 4) is 0 Å². The molecular weight excluding hydrogens is 547 g/mol. The van der Waals surface area contributed by atoms with Crippen molar-refractivity contribution >= 4 is 56.8 Å². The van der Waals surface area contributed by atoms with Gasteiger partial charge < -0.3 is 25.6 Å². The molecule has 1 aliphatic rings. The van der Waals surface area contributed by atoms with Gasteiger partial charge in [-0.25, -0.2) is 13.4 Å². The van der Waals surface area contributed by atoms with Gasteiger partial charge in [0.2, 0.25) is 16.0 Å². The van der Waals surface area contributed by atoms with Gasteiger partial charge >= 0.3 is 5.97 Å². The van der Waals surface area contributed by atoms with E-state index in [4.69, 9.17) is 28.0 Å². The number of rotatable bonds is 13. The van der Waals surface area contributed by atoms with Gasteiger partial charge in [-0.2, -0.15) is 4.72 Å². The summed E-state index contributed by atoms with van der Waals surface area (Å²) >= 11 is 11.9. The molecule has 2 heterocycles. The molecule has 1 amide bonds. The molecule has 0 saturated carbocycles. The molecule has 2 aromatic rings. The molecule has 0 fully saturated rings. The van der Waals surface area contributed by atoms with Crippen LogP contribution in [0.15, 0.2) is 28.3 Å². The molecule has 12 nitrogen and oxygen atoms in total. The van der Waals surface area contributed by atoms with Crippen LogP contribution in [0.25, 0.3) is 0 Å². The van der Waals surface area contributed by atoms with Crippen LogP contribution in [0.1, 0.15) is 37.1 Å². The number of aryl methyl sites for hydroxylation is 2. The van der Waals surface area contributed by atoms with E-state index >= 15 is 0 Å². The molecule has 0 spiro atoms. The highest BCUT2D eigenvalue weighted by atomic mass is 35.5. The van der Waals surface area contributed by atoms with Gasteiger partial charge in [0.05, 0.1) is 15.7 Å². The second kappa shape index (κ2) is 12.6. The molecule has 202 valence electrons. The molecule has 15 heteroatoms. The standard InChI is InChI=1S/C22H28Cl2N6O6S/c1-12-13(2)28-22(27-12)25-9-4-3-6-14-10-17(29-36-14)20(31)26-11-18(21(32)33)30-37(34,35)19-15(23)7-5-8-16(19)24/h5,7-8,14,18,30H,3-4,6,9-11H2,1-2H3,(H,26,31)(H,32,33)(H2,25,27,28). The Bertz CT molecular complexity index is 1240. The van der Waals surface area contributed by atoms with Crippen LogP contribution in [-0.2, 0) is 24.4 Å². The minimum Gasteiger partial charge on any atom is -0.480 e. The molecule has 0 bridgehead atoms. The molecule has 1 aliphatic heterocycles. The lowest BCUT2D eigenvalue weighted by Gasteiger charge is -2.16. The number of carboxylic acids is 1. The number of oxime groups is 1. The predicted octanol–water partition coefficient (Wildman–Crippen LogP) is 2.61. The van der Waals surface area contributed by atoms with Crippen LogP contribution in [0.4, 0.5) is 5.95 Å². The Hall–Kier alpha value is -2.87. The van der Waals surface area contributed by atoms with Crippen LogP contribution >= 0.6 is 23.2 Å². The zero-order chi connectivity index (χ0) is 27.2. The number of anilines is 1. The van der Waals surface area contributed by atoms with Crippen molar-refractivity contribution in [3.63, 3.8) is 0 Å². The van der Waals surface area contributed by atoms with E-state index in [-0.39, 0.29) is 28.3 Å². The number of nitrogens with zero attached hydrogens (tertiary/aromatic N) is 2. The van der Waals surface area contributed by atoms with E-state index in [1.54, 1.807) is 0 Å². The van der Waals surface area contributed by atoms with Crippen LogP contribution < -0.4 is 15.4 Å². The number of imidazole rings is 1. The summed E-state index contributed by atoms with van der Waals surface area (Å²) in [7, 11) is -4.39. The fourth-order valence-corrected chi connectivity index (χ4v) is 5.85. The van der Waals surface area contributed by atoms with Crippen molar-refractivity contribution in [3.05, 3.63) is 39.6 Å². The number of nitrogens with one attached hydrogen (secondary N) is 4. The van der Waals surface area contributed by atoms with Crippen LogP contribution in [0, 0.1) is 13.8 Å². The highest BCUT2D eigenvalue weighted by Gasteiger charge is 2.31. The number of aliphatic carboxylic acids is 1. The number of hydrogen-bond donors (Lipinski definition) is 5. The Morgan fingerprint density at radius 2 is 1.95 bits per heavy atom. The first kappa shape index (κ1) is 28.7. The van der Waals surface area contributed by atoms with E-state index in [1.165, 1.54) is 18.2 Å². The van der Waals surface area contributed by atoms with Gasteiger partial charge in [0, 0.05) is 25.2 Å². The molecule has 0 radical (unpaired) electrons. The second-order valence-electron chi connectivity index (χ2n) is 8.46. The van der Waals surface area contributed by atoms with Gasteiger partial charge in [0.25, 0.3) is 5.91 Å². The first-order valence-electron chi connectivity index (χ1n) is 11.4. The largest absolute Gasteiger partial charge is 0.480 e. The summed E-state index contributed by atoms with van der Waals surface area (Å²) in [6.07, 6.45) is 2.35. The van der Waals surface area contributed by atoms with Gasteiger partial charge in [-0.3, -0.25) is 9.59 Å². The van der Waals surface area contributed by atoms with E-state index in [2.05, 4.69) is 25.8 Å². The summed E-state index contributed by atoms with van der Waals surface area (Å²) in [5.74, 6) is -1.41. The number of aromatic amines is 1. The topological polar surface area (TPSA) is 175 Å². The Labute approximate surface area is 224 Å². The monoisotopic (exact) mass is 574 g/mol. The lowest BCUT2D eigenvalue weighted by Crippen LogP contribution is -2.49. The molecule has 2 unspecified atom stereocenters. The summed E-state index contributed by atoms with van der Waals surface area (Å²) in [5.41, 5.74) is 2.06. The SMILES string of the molecule is Cc1nc(NCCCCC2CC(C(=O)NCC(NS(=O)(=O)c3c(Cl)cccc3Cl)C(=O)O)=NO2)[nH]c1C. The zero-order valence-corrected chi connectivity index (χ0v) is 22.5. The van der Waals surface area contributed by atoms with Crippen LogP contribution in [0.2, 0.25) is 10.0 Å². The quantitative estimate of drug-likeness (QED) is 0.227. The molecule has 1 aromatic carbocycles. The molecule has 5 N–H and O–H groups in total. The lowest BCUT2D eigenvalue weighted by molar-refractivity contribution is -0.138. The van der Waals surface area contributed by atoms with Crippen molar-refractivity contribution in [1.29, 1.82) is 0 Å². The third kappa shape index (κ3) is 7.81. The summed E-state index contributed by atoms with van der Waals surface area (Å²) in [6, 6.07) is 2.40. The van der Waals surface area contributed by atoms with Gasteiger partial charge in [-0.1, -0.05) is 34.4 Å². The maximum atomic E-state index is 12.7. The number of unbranched alkanes of at least 4 members (excludes halogenated alkanes) is 1. The van der Waals surface area contributed by atoms with Gasteiger partial charge in [0.15, 0.2) is 0 Å². The third-order valence-corrected chi connectivity index (χ3v) is 8.04. The molecular formula is C22H28Cl2N6O6S. The number of carbonyl (C=O) groups excluding carboxylic acids is 1. The van der Waals surface area contributed by atoms with Crippen LogP contribution in [-0.4, -0.2) is 66.3 Å². The Morgan fingerprint density at radius 3 is 2.57 bits per heavy atom. The summed E-state index contributed by atoms with van der Waals surface area (Å²) in [6.45, 7) is 4.07. The minimum absolute atomic E-state index is 0.103. The minimum atomic E-state index is -4.39. The third-order valence-electron chi connectivity index (χ3n) is 5.62. The Morgan fingerprint density at radius 1 is 1.24 bits per heavy atom. The number of benzene rings is 1. The van der Waals surface area contributed by atoms with Gasteiger partial charge in [-0.15, -0.1) is 0 Å². The second-order valence-corrected chi connectivity index (χ2v) is 10.9. The van der Waals surface area contributed by atoms with Crippen molar-refractivity contribution in [2.45, 2.75) is 56.6 Å². The number of aromatic nitrogens is 2. The summed E-state index contributed by atoms with van der Waals surface area (Å²) < 4.78 is 27.3. The lowest BCUT2D eigenvalue weighted by atomic mass is 10.1. The number of amides is 1. The fraction of sp³-hybridized carbons (Fsp3) is 0.455. The smallest absolute Gasteiger partial charge is 0.323 e. The maximum Gasteiger partial charge on any atom is 0.323 e. The molecule has 0 saturated heterocycles. The number of hydrogen-bond acceptors (Lipinski definition) is 8. The first-order valence-corrected chi connectivity index (χ1v) is 13.7.